The van der Waals surface area contributed by atoms with E-state index >= 15 is 0 Å². The van der Waals surface area contributed by atoms with Crippen LogP contribution in [0.5, 0.6) is 0 Å². The SMILES string of the molecule is O=S(=O)(Nc1ncnc(Cl)c1-c1ccc(Br)cc1)NC1CC1. The molecule has 116 valence electrons. The van der Waals surface area contributed by atoms with Crippen molar-refractivity contribution in [3.05, 3.63) is 40.2 Å². The first-order valence-corrected chi connectivity index (χ1v) is 9.16. The van der Waals surface area contributed by atoms with Crippen LogP contribution >= 0.6 is 27.5 Å². The van der Waals surface area contributed by atoms with E-state index in [2.05, 4.69) is 35.3 Å². The number of aromatic nitrogens is 2. The van der Waals surface area contributed by atoms with E-state index in [1.807, 2.05) is 12.1 Å². The molecular formula is C13H12BrClN4O2S. The van der Waals surface area contributed by atoms with Crippen molar-refractivity contribution in [2.45, 2.75) is 18.9 Å². The molecule has 0 unspecified atom stereocenters. The van der Waals surface area contributed by atoms with E-state index < -0.39 is 10.2 Å². The number of nitrogens with zero attached hydrogens (tertiary/aromatic N) is 2. The molecule has 3 rings (SSSR count). The van der Waals surface area contributed by atoms with Gasteiger partial charge in [0, 0.05) is 10.5 Å². The van der Waals surface area contributed by atoms with Gasteiger partial charge in [0.25, 0.3) is 0 Å². The summed E-state index contributed by atoms with van der Waals surface area (Å²) in [6, 6.07) is 7.28. The Bertz CT molecular complexity index is 794. The van der Waals surface area contributed by atoms with Crippen LogP contribution in [0.4, 0.5) is 5.82 Å². The second-order valence-electron chi connectivity index (χ2n) is 4.89. The average Bonchev–Trinajstić information content (AvgIpc) is 3.23. The summed E-state index contributed by atoms with van der Waals surface area (Å²) in [4.78, 5) is 7.94. The molecule has 0 amide bonds. The molecule has 0 bridgehead atoms. The molecule has 2 aromatic rings. The minimum absolute atomic E-state index is 0.00550. The van der Waals surface area contributed by atoms with E-state index in [4.69, 9.17) is 11.6 Å². The van der Waals surface area contributed by atoms with Crippen LogP contribution in [0.3, 0.4) is 0 Å². The van der Waals surface area contributed by atoms with Gasteiger partial charge in [0.1, 0.15) is 11.5 Å². The molecule has 1 aliphatic rings. The normalized spacial score (nSPS) is 14.8. The monoisotopic (exact) mass is 402 g/mol. The van der Waals surface area contributed by atoms with Gasteiger partial charge in [-0.25, -0.2) is 9.97 Å². The Labute approximate surface area is 141 Å². The number of hydrogen-bond donors (Lipinski definition) is 2. The van der Waals surface area contributed by atoms with Crippen LogP contribution in [0.1, 0.15) is 12.8 Å². The highest BCUT2D eigenvalue weighted by Crippen LogP contribution is 2.33. The molecule has 1 fully saturated rings. The number of anilines is 1. The minimum atomic E-state index is -3.68. The lowest BCUT2D eigenvalue weighted by Crippen LogP contribution is -2.32. The van der Waals surface area contributed by atoms with Crippen molar-refractivity contribution < 1.29 is 8.42 Å². The van der Waals surface area contributed by atoms with Gasteiger partial charge in [-0.2, -0.15) is 13.1 Å². The van der Waals surface area contributed by atoms with Crippen LogP contribution in [0.15, 0.2) is 35.1 Å². The fourth-order valence-corrected chi connectivity index (χ4v) is 3.54. The molecule has 1 aromatic heterocycles. The maximum absolute atomic E-state index is 12.1. The maximum Gasteiger partial charge on any atom is 0.300 e. The molecule has 0 saturated heterocycles. The third-order valence-electron chi connectivity index (χ3n) is 3.06. The zero-order chi connectivity index (χ0) is 15.7. The smallest absolute Gasteiger partial charge is 0.254 e. The molecule has 0 aliphatic heterocycles. The zero-order valence-corrected chi connectivity index (χ0v) is 14.4. The Hall–Kier alpha value is -1.22. The van der Waals surface area contributed by atoms with Crippen LogP contribution in [0.2, 0.25) is 5.15 Å². The van der Waals surface area contributed by atoms with Crippen molar-refractivity contribution in [2.24, 2.45) is 0 Å². The molecule has 1 aliphatic carbocycles. The Morgan fingerprint density at radius 3 is 2.50 bits per heavy atom. The first-order chi connectivity index (χ1) is 10.4. The number of hydrogen-bond acceptors (Lipinski definition) is 4. The van der Waals surface area contributed by atoms with Gasteiger partial charge in [0.05, 0.1) is 5.56 Å². The molecule has 0 spiro atoms. The Kier molecular flexibility index (Phi) is 4.35. The molecule has 6 nitrogen and oxygen atoms in total. The lowest BCUT2D eigenvalue weighted by atomic mass is 10.1. The molecule has 0 radical (unpaired) electrons. The first-order valence-electron chi connectivity index (χ1n) is 6.51. The molecular weight excluding hydrogens is 392 g/mol. The van der Waals surface area contributed by atoms with Gasteiger partial charge in [0.15, 0.2) is 5.82 Å². The summed E-state index contributed by atoms with van der Waals surface area (Å²) >= 11 is 9.48. The van der Waals surface area contributed by atoms with Gasteiger partial charge < -0.3 is 0 Å². The van der Waals surface area contributed by atoms with Crippen molar-refractivity contribution in [2.75, 3.05) is 4.72 Å². The van der Waals surface area contributed by atoms with Crippen LogP contribution in [0, 0.1) is 0 Å². The predicted octanol–water partition coefficient (Wildman–Crippen LogP) is 2.97. The van der Waals surface area contributed by atoms with Crippen LogP contribution in [-0.2, 0) is 10.2 Å². The first kappa shape index (κ1) is 15.7. The Morgan fingerprint density at radius 1 is 1.18 bits per heavy atom. The summed E-state index contributed by atoms with van der Waals surface area (Å²) in [5, 5.41) is 0.182. The number of rotatable bonds is 5. The molecule has 22 heavy (non-hydrogen) atoms. The second-order valence-corrected chi connectivity index (χ2v) is 7.61. The largest absolute Gasteiger partial charge is 0.300 e. The average molecular weight is 404 g/mol. The lowest BCUT2D eigenvalue weighted by Gasteiger charge is -2.13. The number of halogens is 2. The summed E-state index contributed by atoms with van der Waals surface area (Å²) in [5.41, 5.74) is 1.16. The van der Waals surface area contributed by atoms with Crippen molar-refractivity contribution in [3.8, 4) is 11.1 Å². The van der Waals surface area contributed by atoms with Crippen molar-refractivity contribution >= 4 is 43.6 Å². The molecule has 9 heteroatoms. The Morgan fingerprint density at radius 2 is 1.86 bits per heavy atom. The van der Waals surface area contributed by atoms with E-state index in [0.29, 0.717) is 5.56 Å². The summed E-state index contributed by atoms with van der Waals surface area (Å²) in [6.07, 6.45) is 2.93. The second kappa shape index (κ2) is 6.11. The zero-order valence-electron chi connectivity index (χ0n) is 11.3. The van der Waals surface area contributed by atoms with E-state index in [-0.39, 0.29) is 17.0 Å². The molecule has 2 N–H and O–H groups in total. The Balaban J connectivity index is 1.97. The molecule has 1 saturated carbocycles. The third-order valence-corrected chi connectivity index (χ3v) is 4.99. The van der Waals surface area contributed by atoms with Crippen LogP contribution in [0.25, 0.3) is 11.1 Å². The highest BCUT2D eigenvalue weighted by atomic mass is 79.9. The van der Waals surface area contributed by atoms with Crippen molar-refractivity contribution in [1.29, 1.82) is 0 Å². The summed E-state index contributed by atoms with van der Waals surface area (Å²) in [6.45, 7) is 0. The highest BCUT2D eigenvalue weighted by molar-refractivity contribution is 9.10. The third kappa shape index (κ3) is 3.75. The fraction of sp³-hybridized carbons (Fsp3) is 0.231. The fourth-order valence-electron chi connectivity index (χ4n) is 1.89. The predicted molar refractivity (Wildman–Crippen MR) is 88.9 cm³/mol. The lowest BCUT2D eigenvalue weighted by molar-refractivity contribution is 0.586. The van der Waals surface area contributed by atoms with Gasteiger partial charge in [-0.05, 0) is 30.5 Å². The van der Waals surface area contributed by atoms with E-state index in [1.54, 1.807) is 12.1 Å². The number of nitrogens with one attached hydrogen (secondary N) is 2. The minimum Gasteiger partial charge on any atom is -0.254 e. The molecule has 0 atom stereocenters. The maximum atomic E-state index is 12.1. The highest BCUT2D eigenvalue weighted by Gasteiger charge is 2.28. The summed E-state index contributed by atoms with van der Waals surface area (Å²) in [7, 11) is -3.68. The van der Waals surface area contributed by atoms with Crippen molar-refractivity contribution in [3.63, 3.8) is 0 Å². The van der Waals surface area contributed by atoms with Gasteiger partial charge >= 0.3 is 10.2 Å². The van der Waals surface area contributed by atoms with Crippen molar-refractivity contribution in [1.82, 2.24) is 14.7 Å². The van der Waals surface area contributed by atoms with Gasteiger partial charge in [-0.15, -0.1) is 0 Å². The number of benzene rings is 1. The van der Waals surface area contributed by atoms with Crippen LogP contribution < -0.4 is 9.44 Å². The topological polar surface area (TPSA) is 84.0 Å². The van der Waals surface area contributed by atoms with Gasteiger partial charge in [0.2, 0.25) is 0 Å². The van der Waals surface area contributed by atoms with Crippen LogP contribution in [-0.4, -0.2) is 24.4 Å². The van der Waals surface area contributed by atoms with E-state index in [0.717, 1.165) is 22.9 Å². The van der Waals surface area contributed by atoms with Gasteiger partial charge in [-0.1, -0.05) is 39.7 Å². The standard InChI is InChI=1S/C13H12BrClN4O2S/c14-9-3-1-8(2-4-9)11-12(15)16-7-17-13(11)19-22(20,21)18-10-5-6-10/h1-4,7,10,18H,5-6H2,(H,16,17,19). The summed E-state index contributed by atoms with van der Waals surface area (Å²) in [5.74, 6) is 0.149. The molecule has 1 aromatic carbocycles. The quantitative estimate of drug-likeness (QED) is 0.752. The molecule has 1 heterocycles. The van der Waals surface area contributed by atoms with Gasteiger partial charge in [-0.3, -0.25) is 4.72 Å². The summed E-state index contributed by atoms with van der Waals surface area (Å²) < 4.78 is 30.0. The van der Waals surface area contributed by atoms with E-state index in [9.17, 15) is 8.42 Å². The van der Waals surface area contributed by atoms with E-state index in [1.165, 1.54) is 6.33 Å².